The summed E-state index contributed by atoms with van der Waals surface area (Å²) >= 11 is 0. The molecular formula is C15H14F2N2O. The summed E-state index contributed by atoms with van der Waals surface area (Å²) in [7, 11) is 0. The molecule has 20 heavy (non-hydrogen) atoms. The Hall–Kier alpha value is -2.43. The van der Waals surface area contributed by atoms with Crippen LogP contribution in [0.2, 0.25) is 0 Å². The van der Waals surface area contributed by atoms with Crippen LogP contribution in [-0.2, 0) is 6.61 Å². The zero-order chi connectivity index (χ0) is 14.7. The average molecular weight is 276 g/mol. The summed E-state index contributed by atoms with van der Waals surface area (Å²) in [5.41, 5.74) is 6.88. The van der Waals surface area contributed by atoms with Crippen LogP contribution in [0.4, 0.5) is 8.78 Å². The van der Waals surface area contributed by atoms with Crippen molar-refractivity contribution in [3.8, 4) is 5.75 Å². The third kappa shape index (κ3) is 3.12. The van der Waals surface area contributed by atoms with Gasteiger partial charge in [0.25, 0.3) is 0 Å². The number of hydrogen-bond donors (Lipinski definition) is 2. The molecule has 0 atom stereocenters. The van der Waals surface area contributed by atoms with E-state index >= 15 is 0 Å². The molecule has 2 aromatic carbocycles. The van der Waals surface area contributed by atoms with Crippen molar-refractivity contribution in [1.82, 2.24) is 0 Å². The number of amidine groups is 1. The van der Waals surface area contributed by atoms with Gasteiger partial charge in [0.1, 0.15) is 29.8 Å². The minimum Gasteiger partial charge on any atom is -0.488 e. The molecular weight excluding hydrogens is 262 g/mol. The van der Waals surface area contributed by atoms with Crippen molar-refractivity contribution in [2.24, 2.45) is 5.73 Å². The summed E-state index contributed by atoms with van der Waals surface area (Å²) in [5.74, 6) is -0.626. The number of benzene rings is 2. The predicted molar refractivity (Wildman–Crippen MR) is 72.9 cm³/mol. The highest BCUT2D eigenvalue weighted by molar-refractivity contribution is 5.95. The summed E-state index contributed by atoms with van der Waals surface area (Å²) in [6.45, 7) is 1.73. The normalized spacial score (nSPS) is 10.3. The molecule has 0 radical (unpaired) electrons. The van der Waals surface area contributed by atoms with Crippen LogP contribution in [0.15, 0.2) is 36.4 Å². The van der Waals surface area contributed by atoms with Crippen LogP contribution in [0.25, 0.3) is 0 Å². The molecule has 0 aliphatic rings. The van der Waals surface area contributed by atoms with Gasteiger partial charge in [-0.05, 0) is 36.8 Å². The van der Waals surface area contributed by atoms with Crippen molar-refractivity contribution in [2.75, 3.05) is 0 Å². The minimum absolute atomic E-state index is 0.0770. The topological polar surface area (TPSA) is 59.1 Å². The van der Waals surface area contributed by atoms with Gasteiger partial charge < -0.3 is 10.5 Å². The van der Waals surface area contributed by atoms with Gasteiger partial charge in [-0.3, -0.25) is 5.41 Å². The Balaban J connectivity index is 2.20. The van der Waals surface area contributed by atoms with Gasteiger partial charge in [-0.25, -0.2) is 8.78 Å². The molecule has 2 rings (SSSR count). The molecule has 0 aliphatic heterocycles. The first-order valence-corrected chi connectivity index (χ1v) is 5.99. The van der Waals surface area contributed by atoms with Gasteiger partial charge >= 0.3 is 0 Å². The second-order valence-corrected chi connectivity index (χ2v) is 4.42. The van der Waals surface area contributed by atoms with Crippen LogP contribution in [0, 0.1) is 24.0 Å². The van der Waals surface area contributed by atoms with Crippen molar-refractivity contribution in [1.29, 1.82) is 5.41 Å². The van der Waals surface area contributed by atoms with E-state index in [4.69, 9.17) is 15.9 Å². The molecule has 3 nitrogen and oxygen atoms in total. The van der Waals surface area contributed by atoms with Crippen molar-refractivity contribution in [3.05, 3.63) is 64.7 Å². The smallest absolute Gasteiger partial charge is 0.130 e. The lowest BCUT2D eigenvalue weighted by atomic mass is 10.1. The summed E-state index contributed by atoms with van der Waals surface area (Å²) in [4.78, 5) is 0. The van der Waals surface area contributed by atoms with E-state index in [0.29, 0.717) is 11.3 Å². The molecule has 0 aromatic heterocycles. The molecule has 0 saturated heterocycles. The quantitative estimate of drug-likeness (QED) is 0.665. The van der Waals surface area contributed by atoms with Gasteiger partial charge in [-0.1, -0.05) is 12.1 Å². The minimum atomic E-state index is -0.522. The lowest BCUT2D eigenvalue weighted by Gasteiger charge is -2.11. The fourth-order valence-corrected chi connectivity index (χ4v) is 1.73. The van der Waals surface area contributed by atoms with Crippen molar-refractivity contribution in [3.63, 3.8) is 0 Å². The fourth-order valence-electron chi connectivity index (χ4n) is 1.73. The number of nitrogens with two attached hydrogens (primary N) is 1. The largest absolute Gasteiger partial charge is 0.488 e. The van der Waals surface area contributed by atoms with E-state index in [1.54, 1.807) is 18.2 Å². The van der Waals surface area contributed by atoms with Crippen molar-refractivity contribution in [2.45, 2.75) is 13.5 Å². The Bertz CT molecular complexity index is 656. The number of hydrogen-bond acceptors (Lipinski definition) is 2. The standard InChI is InChI=1S/C15H14F2N2O/c1-9-2-3-10(15(18)19)7-14(9)20-8-11-6-12(16)4-5-13(11)17/h2-7H,8H2,1H3,(H3,18,19). The first-order valence-electron chi connectivity index (χ1n) is 5.99. The van der Waals surface area contributed by atoms with Crippen LogP contribution >= 0.6 is 0 Å². The Morgan fingerprint density at radius 3 is 2.65 bits per heavy atom. The maximum absolute atomic E-state index is 13.5. The molecule has 0 saturated carbocycles. The van der Waals surface area contributed by atoms with Crippen LogP contribution in [0.5, 0.6) is 5.75 Å². The van der Waals surface area contributed by atoms with Crippen molar-refractivity contribution < 1.29 is 13.5 Å². The first kappa shape index (κ1) is 14.0. The summed E-state index contributed by atoms with van der Waals surface area (Å²) < 4.78 is 32.0. The lowest BCUT2D eigenvalue weighted by molar-refractivity contribution is 0.297. The van der Waals surface area contributed by atoms with E-state index in [9.17, 15) is 8.78 Å². The van der Waals surface area contributed by atoms with Gasteiger partial charge in [0, 0.05) is 11.1 Å². The molecule has 0 fully saturated rings. The zero-order valence-corrected chi connectivity index (χ0v) is 10.9. The van der Waals surface area contributed by atoms with E-state index in [1.165, 1.54) is 0 Å². The zero-order valence-electron chi connectivity index (χ0n) is 10.9. The molecule has 0 unspecified atom stereocenters. The van der Waals surface area contributed by atoms with E-state index < -0.39 is 11.6 Å². The van der Waals surface area contributed by atoms with Gasteiger partial charge in [0.2, 0.25) is 0 Å². The van der Waals surface area contributed by atoms with Gasteiger partial charge in [0.15, 0.2) is 0 Å². The lowest BCUT2D eigenvalue weighted by Crippen LogP contribution is -2.11. The maximum Gasteiger partial charge on any atom is 0.130 e. The second-order valence-electron chi connectivity index (χ2n) is 4.42. The fraction of sp³-hybridized carbons (Fsp3) is 0.133. The molecule has 0 amide bonds. The Kier molecular flexibility index (Phi) is 3.98. The van der Waals surface area contributed by atoms with E-state index in [-0.39, 0.29) is 18.0 Å². The van der Waals surface area contributed by atoms with E-state index in [1.807, 2.05) is 6.92 Å². The Morgan fingerprint density at radius 2 is 1.95 bits per heavy atom. The molecule has 0 bridgehead atoms. The van der Waals surface area contributed by atoms with Crippen LogP contribution < -0.4 is 10.5 Å². The predicted octanol–water partition coefficient (Wildman–Crippen LogP) is 3.14. The molecule has 0 spiro atoms. The first-order chi connectivity index (χ1) is 9.47. The second kappa shape index (κ2) is 5.69. The maximum atomic E-state index is 13.5. The number of halogens is 2. The number of nitrogen functional groups attached to an aromatic ring is 1. The monoisotopic (exact) mass is 276 g/mol. The molecule has 2 aromatic rings. The molecule has 0 heterocycles. The molecule has 0 aliphatic carbocycles. The van der Waals surface area contributed by atoms with Crippen LogP contribution in [0.3, 0.4) is 0 Å². The Labute approximate surface area is 115 Å². The number of nitrogens with one attached hydrogen (secondary N) is 1. The summed E-state index contributed by atoms with van der Waals surface area (Å²) in [5, 5.41) is 7.37. The SMILES string of the molecule is Cc1ccc(C(=N)N)cc1OCc1cc(F)ccc1F. The van der Waals surface area contributed by atoms with E-state index in [0.717, 1.165) is 23.8 Å². The third-order valence-electron chi connectivity index (χ3n) is 2.89. The number of ether oxygens (including phenoxy) is 1. The highest BCUT2D eigenvalue weighted by Gasteiger charge is 2.07. The summed E-state index contributed by atoms with van der Waals surface area (Å²) in [6.07, 6.45) is 0. The average Bonchev–Trinajstić information content (AvgIpc) is 2.41. The van der Waals surface area contributed by atoms with E-state index in [2.05, 4.69) is 0 Å². The van der Waals surface area contributed by atoms with Gasteiger partial charge in [0.05, 0.1) is 0 Å². The van der Waals surface area contributed by atoms with Crippen LogP contribution in [-0.4, -0.2) is 5.84 Å². The molecule has 5 heteroatoms. The summed E-state index contributed by atoms with van der Waals surface area (Å²) in [6, 6.07) is 8.28. The highest BCUT2D eigenvalue weighted by Crippen LogP contribution is 2.21. The molecule has 3 N–H and O–H groups in total. The molecule has 104 valence electrons. The van der Waals surface area contributed by atoms with Gasteiger partial charge in [-0.2, -0.15) is 0 Å². The third-order valence-corrected chi connectivity index (χ3v) is 2.89. The number of aryl methyl sites for hydroxylation is 1. The van der Waals surface area contributed by atoms with Crippen molar-refractivity contribution >= 4 is 5.84 Å². The van der Waals surface area contributed by atoms with Gasteiger partial charge in [-0.15, -0.1) is 0 Å². The Morgan fingerprint density at radius 1 is 1.20 bits per heavy atom. The number of rotatable bonds is 4. The highest BCUT2D eigenvalue weighted by atomic mass is 19.1. The van der Waals surface area contributed by atoms with Crippen LogP contribution in [0.1, 0.15) is 16.7 Å².